The first-order valence-electron chi connectivity index (χ1n) is 12.7. The van der Waals surface area contributed by atoms with E-state index >= 15 is 0 Å². The first-order valence-corrected chi connectivity index (χ1v) is 12.7. The average molecular weight is 465 g/mol. The Hall–Kier alpha value is -2.67. The Bertz CT molecular complexity index is 1090. The molecule has 2 aromatic rings. The van der Waals surface area contributed by atoms with Gasteiger partial charge in [0.05, 0.1) is 24.2 Å². The summed E-state index contributed by atoms with van der Waals surface area (Å²) in [5.74, 6) is 0.620. The van der Waals surface area contributed by atoms with Gasteiger partial charge in [-0.2, -0.15) is 0 Å². The van der Waals surface area contributed by atoms with E-state index in [0.29, 0.717) is 31.1 Å². The summed E-state index contributed by atoms with van der Waals surface area (Å²) < 4.78 is 1.55. The average Bonchev–Trinajstić information content (AvgIpc) is 3.60. The Kier molecular flexibility index (Phi) is 6.00. The number of hydrogen-bond acceptors (Lipinski definition) is 4. The van der Waals surface area contributed by atoms with Crippen LogP contribution in [0.1, 0.15) is 51.9 Å². The smallest absolute Gasteiger partial charge is 0.320 e. The van der Waals surface area contributed by atoms with E-state index in [4.69, 9.17) is 0 Å². The standard InChI is InChI=1S/C27H36N4O3/c1-20(21-10-11-21)29(2)25(33)30-15-14-27(34,26(17-30)12-6-7-13-26)18-31-19-28-23(16-24(31)32)22-8-4-3-5-9-22/h3-5,8-9,16,19-21,34H,6-7,10-15,17-18H2,1-2H3. The van der Waals surface area contributed by atoms with Gasteiger partial charge in [0.2, 0.25) is 0 Å². The minimum absolute atomic E-state index is 0.0683. The largest absolute Gasteiger partial charge is 0.387 e. The Morgan fingerprint density at radius 3 is 2.56 bits per heavy atom. The Morgan fingerprint density at radius 2 is 1.91 bits per heavy atom. The predicted octanol–water partition coefficient (Wildman–Crippen LogP) is 3.76. The number of urea groups is 1. The molecule has 1 saturated heterocycles. The van der Waals surface area contributed by atoms with Gasteiger partial charge in [0.1, 0.15) is 0 Å². The van der Waals surface area contributed by atoms with Crippen LogP contribution in [-0.2, 0) is 6.54 Å². The van der Waals surface area contributed by atoms with Crippen molar-refractivity contribution in [2.45, 2.75) is 70.1 Å². The zero-order valence-corrected chi connectivity index (χ0v) is 20.3. The van der Waals surface area contributed by atoms with Gasteiger partial charge in [0.25, 0.3) is 5.56 Å². The second-order valence-electron chi connectivity index (χ2n) is 10.8. The molecule has 1 aliphatic heterocycles. The van der Waals surface area contributed by atoms with Crippen LogP contribution in [0.15, 0.2) is 47.5 Å². The molecule has 2 heterocycles. The van der Waals surface area contributed by atoms with Crippen LogP contribution in [0.2, 0.25) is 0 Å². The second kappa shape index (κ2) is 8.84. The number of carbonyl (C=O) groups is 1. The van der Waals surface area contributed by atoms with Crippen molar-refractivity contribution in [3.05, 3.63) is 53.1 Å². The molecule has 2 aliphatic carbocycles. The highest BCUT2D eigenvalue weighted by Gasteiger charge is 2.56. The summed E-state index contributed by atoms with van der Waals surface area (Å²) in [6.45, 7) is 3.40. The lowest BCUT2D eigenvalue weighted by molar-refractivity contribution is -0.136. The van der Waals surface area contributed by atoms with Gasteiger partial charge < -0.3 is 14.9 Å². The van der Waals surface area contributed by atoms with Gasteiger partial charge in [0, 0.05) is 43.2 Å². The van der Waals surface area contributed by atoms with E-state index < -0.39 is 5.60 Å². The minimum Gasteiger partial charge on any atom is -0.387 e. The molecule has 2 amide bonds. The fourth-order valence-electron chi connectivity index (χ4n) is 6.15. The second-order valence-corrected chi connectivity index (χ2v) is 10.8. The van der Waals surface area contributed by atoms with Crippen molar-refractivity contribution in [3.8, 4) is 11.3 Å². The van der Waals surface area contributed by atoms with E-state index in [1.165, 1.54) is 12.8 Å². The number of rotatable bonds is 5. The van der Waals surface area contributed by atoms with Crippen molar-refractivity contribution < 1.29 is 9.90 Å². The number of benzene rings is 1. The number of hydrogen-bond donors (Lipinski definition) is 1. The third-order valence-corrected chi connectivity index (χ3v) is 8.70. The summed E-state index contributed by atoms with van der Waals surface area (Å²) in [6, 6.07) is 11.5. The number of piperidine rings is 1. The van der Waals surface area contributed by atoms with Gasteiger partial charge in [-0.1, -0.05) is 43.2 Å². The van der Waals surface area contributed by atoms with Crippen LogP contribution in [0, 0.1) is 11.3 Å². The summed E-state index contributed by atoms with van der Waals surface area (Å²) >= 11 is 0. The van der Waals surface area contributed by atoms with E-state index in [1.807, 2.05) is 47.2 Å². The molecule has 3 aliphatic rings. The van der Waals surface area contributed by atoms with Crippen molar-refractivity contribution in [3.63, 3.8) is 0 Å². The molecule has 3 fully saturated rings. The van der Waals surface area contributed by atoms with E-state index in [0.717, 1.165) is 31.2 Å². The summed E-state index contributed by atoms with van der Waals surface area (Å²) in [4.78, 5) is 34.6. The summed E-state index contributed by atoms with van der Waals surface area (Å²) in [7, 11) is 1.91. The third kappa shape index (κ3) is 4.15. The van der Waals surface area contributed by atoms with Crippen LogP contribution in [0.3, 0.4) is 0 Å². The van der Waals surface area contributed by atoms with Gasteiger partial charge in [-0.25, -0.2) is 9.78 Å². The van der Waals surface area contributed by atoms with Crippen molar-refractivity contribution in [2.24, 2.45) is 11.3 Å². The number of amides is 2. The van der Waals surface area contributed by atoms with Crippen molar-refractivity contribution in [1.82, 2.24) is 19.4 Å². The van der Waals surface area contributed by atoms with E-state index in [1.54, 1.807) is 17.0 Å². The lowest BCUT2D eigenvalue weighted by Crippen LogP contribution is -2.63. The van der Waals surface area contributed by atoms with Crippen LogP contribution >= 0.6 is 0 Å². The molecular weight excluding hydrogens is 428 g/mol. The molecule has 182 valence electrons. The molecule has 1 N–H and O–H groups in total. The van der Waals surface area contributed by atoms with Crippen molar-refractivity contribution in [1.29, 1.82) is 0 Å². The molecular formula is C27H36N4O3. The molecule has 2 saturated carbocycles. The Morgan fingerprint density at radius 1 is 1.21 bits per heavy atom. The number of likely N-dealkylation sites (tertiary alicyclic amines) is 1. The summed E-state index contributed by atoms with van der Waals surface area (Å²) in [5, 5.41) is 12.0. The van der Waals surface area contributed by atoms with Gasteiger partial charge in [-0.05, 0) is 44.9 Å². The Labute approximate surface area is 201 Å². The SMILES string of the molecule is CC(C1CC1)N(C)C(=O)N1CCC(O)(Cn2cnc(-c3ccccc3)cc2=O)C2(CCCC2)C1. The summed E-state index contributed by atoms with van der Waals surface area (Å²) in [5.41, 5.74) is -0.0540. The monoisotopic (exact) mass is 464 g/mol. The van der Waals surface area contributed by atoms with Crippen LogP contribution in [0.4, 0.5) is 4.79 Å². The molecule has 7 heteroatoms. The predicted molar refractivity (Wildman–Crippen MR) is 131 cm³/mol. The molecule has 1 aromatic heterocycles. The lowest BCUT2D eigenvalue weighted by atomic mass is 9.66. The lowest BCUT2D eigenvalue weighted by Gasteiger charge is -2.53. The first-order chi connectivity index (χ1) is 16.3. The molecule has 2 atom stereocenters. The van der Waals surface area contributed by atoms with Crippen LogP contribution in [-0.4, -0.2) is 62.3 Å². The van der Waals surface area contributed by atoms with Gasteiger partial charge in [-0.15, -0.1) is 0 Å². The molecule has 2 unspecified atom stereocenters. The van der Waals surface area contributed by atoms with Crippen LogP contribution in [0.25, 0.3) is 11.3 Å². The molecule has 0 bridgehead atoms. The fraction of sp³-hybridized carbons (Fsp3) is 0.593. The zero-order chi connectivity index (χ0) is 23.9. The number of aliphatic hydroxyl groups is 1. The van der Waals surface area contributed by atoms with Crippen molar-refractivity contribution >= 4 is 6.03 Å². The number of nitrogens with zero attached hydrogens (tertiary/aromatic N) is 4. The number of aromatic nitrogens is 2. The maximum atomic E-state index is 13.3. The third-order valence-electron chi connectivity index (χ3n) is 8.70. The Balaban J connectivity index is 1.36. The van der Waals surface area contributed by atoms with Crippen LogP contribution < -0.4 is 5.56 Å². The number of carbonyl (C=O) groups excluding carboxylic acids is 1. The zero-order valence-electron chi connectivity index (χ0n) is 20.3. The molecule has 5 rings (SSSR count). The molecule has 34 heavy (non-hydrogen) atoms. The maximum Gasteiger partial charge on any atom is 0.320 e. The van der Waals surface area contributed by atoms with E-state index in [-0.39, 0.29) is 29.6 Å². The van der Waals surface area contributed by atoms with Gasteiger partial charge >= 0.3 is 6.03 Å². The first kappa shape index (κ1) is 23.1. The van der Waals surface area contributed by atoms with E-state index in [2.05, 4.69) is 11.9 Å². The highest BCUT2D eigenvalue weighted by Crippen LogP contribution is 2.51. The quantitative estimate of drug-likeness (QED) is 0.731. The van der Waals surface area contributed by atoms with Gasteiger partial charge in [0.15, 0.2) is 0 Å². The normalized spacial score (nSPS) is 24.9. The highest BCUT2D eigenvalue weighted by atomic mass is 16.3. The van der Waals surface area contributed by atoms with Crippen molar-refractivity contribution in [2.75, 3.05) is 20.1 Å². The van der Waals surface area contributed by atoms with E-state index in [9.17, 15) is 14.7 Å². The fourth-order valence-corrected chi connectivity index (χ4v) is 6.15. The molecule has 1 spiro atoms. The van der Waals surface area contributed by atoms with Crippen LogP contribution in [0.5, 0.6) is 0 Å². The summed E-state index contributed by atoms with van der Waals surface area (Å²) in [6.07, 6.45) is 8.27. The minimum atomic E-state index is -1.04. The molecule has 1 aromatic carbocycles. The maximum absolute atomic E-state index is 13.3. The molecule has 7 nitrogen and oxygen atoms in total. The topological polar surface area (TPSA) is 78.7 Å². The highest BCUT2D eigenvalue weighted by molar-refractivity contribution is 5.75. The molecule has 0 radical (unpaired) electrons. The van der Waals surface area contributed by atoms with Gasteiger partial charge in [-0.3, -0.25) is 9.36 Å².